The number of para-hydroxylation sites is 5. The third kappa shape index (κ3) is 6.30. The van der Waals surface area contributed by atoms with Gasteiger partial charge in [0, 0.05) is 28.2 Å². The van der Waals surface area contributed by atoms with Crippen molar-refractivity contribution >= 4 is 39.1 Å². The molecule has 0 saturated carbocycles. The van der Waals surface area contributed by atoms with E-state index in [-0.39, 0.29) is 0 Å². The molecule has 53 heavy (non-hydrogen) atoms. The van der Waals surface area contributed by atoms with Gasteiger partial charge < -0.3 is 4.90 Å². The van der Waals surface area contributed by atoms with Crippen LogP contribution in [0.1, 0.15) is 11.4 Å². The Morgan fingerprint density at radius 1 is 0.302 bits per heavy atom. The molecule has 252 valence electrons. The molecule has 2 aromatic heterocycles. The first-order valence-corrected chi connectivity index (χ1v) is 17.8. The summed E-state index contributed by atoms with van der Waals surface area (Å²) in [6, 6.07) is 61.3. The van der Waals surface area contributed by atoms with E-state index in [1.807, 2.05) is 62.4 Å². The van der Waals surface area contributed by atoms with Crippen LogP contribution in [-0.4, -0.2) is 19.9 Å². The summed E-state index contributed by atoms with van der Waals surface area (Å²) >= 11 is 0. The minimum Gasteiger partial charge on any atom is -0.310 e. The highest BCUT2D eigenvalue weighted by Crippen LogP contribution is 2.39. The van der Waals surface area contributed by atoms with Gasteiger partial charge in [-0.25, -0.2) is 19.9 Å². The second-order valence-corrected chi connectivity index (χ2v) is 13.2. The molecular weight excluding hydrogens is 647 g/mol. The summed E-state index contributed by atoms with van der Waals surface area (Å²) in [6.07, 6.45) is 0. The summed E-state index contributed by atoms with van der Waals surface area (Å²) in [5, 5.41) is 0. The van der Waals surface area contributed by atoms with Gasteiger partial charge in [-0.1, -0.05) is 103 Å². The molecule has 0 spiro atoms. The Labute approximate surface area is 309 Å². The number of nitrogens with zero attached hydrogens (tertiary/aromatic N) is 5. The highest BCUT2D eigenvalue weighted by Gasteiger charge is 2.16. The van der Waals surface area contributed by atoms with Gasteiger partial charge in [-0.3, -0.25) is 0 Å². The minimum atomic E-state index is 0.894. The quantitative estimate of drug-likeness (QED) is 0.168. The first kappa shape index (κ1) is 32.0. The Morgan fingerprint density at radius 2 is 0.642 bits per heavy atom. The van der Waals surface area contributed by atoms with Crippen LogP contribution in [0.15, 0.2) is 176 Å². The van der Waals surface area contributed by atoms with Gasteiger partial charge in [-0.15, -0.1) is 0 Å². The third-order valence-corrected chi connectivity index (χ3v) is 9.65. The van der Waals surface area contributed by atoms with E-state index in [1.165, 1.54) is 0 Å². The number of anilines is 3. The second kappa shape index (κ2) is 13.6. The molecule has 0 saturated heterocycles. The van der Waals surface area contributed by atoms with Crippen molar-refractivity contribution in [2.24, 2.45) is 0 Å². The number of aromatic nitrogens is 4. The molecule has 0 atom stereocenters. The Kier molecular flexibility index (Phi) is 8.22. The highest BCUT2D eigenvalue weighted by atomic mass is 15.1. The molecule has 0 aliphatic carbocycles. The van der Waals surface area contributed by atoms with Crippen LogP contribution in [0.25, 0.3) is 66.8 Å². The fourth-order valence-corrected chi connectivity index (χ4v) is 7.09. The molecule has 0 unspecified atom stereocenters. The van der Waals surface area contributed by atoms with E-state index < -0.39 is 0 Å². The smallest absolute Gasteiger partial charge is 0.0922 e. The molecule has 0 fully saturated rings. The largest absolute Gasteiger partial charge is 0.310 e. The van der Waals surface area contributed by atoms with Crippen LogP contribution in [0.3, 0.4) is 0 Å². The maximum atomic E-state index is 5.00. The lowest BCUT2D eigenvalue weighted by molar-refractivity contribution is 1.19. The predicted molar refractivity (Wildman–Crippen MR) is 219 cm³/mol. The van der Waals surface area contributed by atoms with Crippen LogP contribution in [0.4, 0.5) is 17.1 Å². The van der Waals surface area contributed by atoms with E-state index in [1.54, 1.807) is 0 Å². The fourth-order valence-electron chi connectivity index (χ4n) is 7.09. The summed E-state index contributed by atoms with van der Waals surface area (Å²) < 4.78 is 0. The Bertz CT molecular complexity index is 2600. The summed E-state index contributed by atoms with van der Waals surface area (Å²) in [7, 11) is 0. The van der Waals surface area contributed by atoms with E-state index in [9.17, 15) is 0 Å². The Balaban J connectivity index is 1.09. The first-order valence-electron chi connectivity index (χ1n) is 17.8. The molecule has 0 bridgehead atoms. The average Bonchev–Trinajstić information content (AvgIpc) is 3.21. The van der Waals surface area contributed by atoms with Crippen molar-refractivity contribution < 1.29 is 0 Å². The lowest BCUT2D eigenvalue weighted by Gasteiger charge is -2.26. The number of hydrogen-bond donors (Lipinski definition) is 0. The summed E-state index contributed by atoms with van der Waals surface area (Å²) in [5.41, 5.74) is 17.0. The molecule has 7 aromatic carbocycles. The SMILES string of the molecule is Cc1nc2ccccc2nc1-c1cccc(-c2cccc(N(c3ccccc3)c3cccc(-c4cccc(-c5nc6ccccc6nc5C)c4)c3)c2)c1. The van der Waals surface area contributed by atoms with E-state index in [4.69, 9.17) is 19.9 Å². The number of rotatable bonds is 7. The van der Waals surface area contributed by atoms with E-state index in [2.05, 4.69) is 132 Å². The molecule has 0 aliphatic heterocycles. The zero-order valence-corrected chi connectivity index (χ0v) is 29.5. The average molecular weight is 682 g/mol. The molecule has 2 heterocycles. The second-order valence-electron chi connectivity index (χ2n) is 13.2. The van der Waals surface area contributed by atoms with Crippen molar-refractivity contribution in [3.8, 4) is 44.8 Å². The van der Waals surface area contributed by atoms with Gasteiger partial charge in [0.25, 0.3) is 0 Å². The third-order valence-electron chi connectivity index (χ3n) is 9.65. The predicted octanol–water partition coefficient (Wildman–Crippen LogP) is 12.3. The van der Waals surface area contributed by atoms with Crippen LogP contribution in [0, 0.1) is 13.8 Å². The molecular formula is C48H35N5. The molecule has 5 nitrogen and oxygen atoms in total. The molecule has 0 amide bonds. The zero-order valence-electron chi connectivity index (χ0n) is 29.5. The van der Waals surface area contributed by atoms with Gasteiger partial charge in [0.15, 0.2) is 0 Å². The Morgan fingerprint density at radius 3 is 1.09 bits per heavy atom. The molecule has 0 aliphatic rings. The van der Waals surface area contributed by atoms with Crippen LogP contribution < -0.4 is 4.90 Å². The van der Waals surface area contributed by atoms with Gasteiger partial charge in [-0.05, 0) is 109 Å². The topological polar surface area (TPSA) is 54.8 Å². The van der Waals surface area contributed by atoms with Crippen molar-refractivity contribution in [1.82, 2.24) is 19.9 Å². The van der Waals surface area contributed by atoms with E-state index in [0.717, 1.165) is 95.3 Å². The van der Waals surface area contributed by atoms with Crippen LogP contribution in [0.5, 0.6) is 0 Å². The van der Waals surface area contributed by atoms with Crippen molar-refractivity contribution in [1.29, 1.82) is 0 Å². The van der Waals surface area contributed by atoms with Crippen molar-refractivity contribution in [2.75, 3.05) is 4.90 Å². The first-order chi connectivity index (χ1) is 26.1. The molecule has 0 N–H and O–H groups in total. The van der Waals surface area contributed by atoms with Gasteiger partial charge in [0.05, 0.1) is 44.8 Å². The molecule has 9 rings (SSSR count). The van der Waals surface area contributed by atoms with Crippen molar-refractivity contribution in [2.45, 2.75) is 13.8 Å². The maximum Gasteiger partial charge on any atom is 0.0922 e. The summed E-state index contributed by atoms with van der Waals surface area (Å²) in [6.45, 7) is 4.06. The molecule has 9 aromatic rings. The minimum absolute atomic E-state index is 0.894. The van der Waals surface area contributed by atoms with E-state index >= 15 is 0 Å². The van der Waals surface area contributed by atoms with Gasteiger partial charge in [-0.2, -0.15) is 0 Å². The molecule has 5 heteroatoms. The lowest BCUT2D eigenvalue weighted by Crippen LogP contribution is -2.10. The number of benzene rings is 7. The number of fused-ring (bicyclic) bond motifs is 2. The normalized spacial score (nSPS) is 11.2. The van der Waals surface area contributed by atoms with Gasteiger partial charge >= 0.3 is 0 Å². The Hall–Kier alpha value is -6.98. The summed E-state index contributed by atoms with van der Waals surface area (Å²) in [4.78, 5) is 22.0. The van der Waals surface area contributed by atoms with Crippen LogP contribution >= 0.6 is 0 Å². The van der Waals surface area contributed by atoms with Crippen LogP contribution in [0.2, 0.25) is 0 Å². The van der Waals surface area contributed by atoms with Crippen molar-refractivity contribution in [3.63, 3.8) is 0 Å². The maximum absolute atomic E-state index is 5.00. The number of aryl methyl sites for hydroxylation is 2. The standard InChI is InChI=1S/C48H35N5/c1-32-47(51-45-26-8-6-24-43(45)49-32)38-18-10-14-34(28-38)36-16-12-22-41(30-36)53(40-20-4-3-5-21-40)42-23-13-17-37(31-42)35-15-11-19-39(29-35)48-33(2)50-44-25-7-9-27-46(44)52-48/h3-31H,1-2H3. The van der Waals surface area contributed by atoms with Crippen molar-refractivity contribution in [3.05, 3.63) is 187 Å². The van der Waals surface area contributed by atoms with Gasteiger partial charge in [0.2, 0.25) is 0 Å². The monoisotopic (exact) mass is 681 g/mol. The summed E-state index contributed by atoms with van der Waals surface area (Å²) in [5.74, 6) is 0. The lowest BCUT2D eigenvalue weighted by atomic mass is 9.99. The fraction of sp³-hybridized carbons (Fsp3) is 0.0417. The highest BCUT2D eigenvalue weighted by molar-refractivity contribution is 5.85. The number of hydrogen-bond acceptors (Lipinski definition) is 5. The molecule has 0 radical (unpaired) electrons. The van der Waals surface area contributed by atoms with Gasteiger partial charge in [0.1, 0.15) is 0 Å². The zero-order chi connectivity index (χ0) is 35.7. The van der Waals surface area contributed by atoms with Crippen LogP contribution in [-0.2, 0) is 0 Å². The van der Waals surface area contributed by atoms with E-state index in [0.29, 0.717) is 0 Å².